The lowest BCUT2D eigenvalue weighted by atomic mass is 9.95. The highest BCUT2D eigenvalue weighted by molar-refractivity contribution is 7.89. The summed E-state index contributed by atoms with van der Waals surface area (Å²) in [6.07, 6.45) is 1.33. The first kappa shape index (κ1) is 17.9. The summed E-state index contributed by atoms with van der Waals surface area (Å²) in [4.78, 5) is 12.1. The lowest BCUT2D eigenvalue weighted by Gasteiger charge is -2.28. The number of benzene rings is 1. The van der Waals surface area contributed by atoms with Gasteiger partial charge >= 0.3 is 0 Å². The number of nitrogens with one attached hydrogen (secondary N) is 1. The van der Waals surface area contributed by atoms with Gasteiger partial charge < -0.3 is 5.32 Å². The summed E-state index contributed by atoms with van der Waals surface area (Å²) in [7, 11) is -3.19. The molecule has 0 aromatic heterocycles. The number of rotatable bonds is 4. The average Bonchev–Trinajstić information content (AvgIpc) is 2.45. The average molecular weight is 338 g/mol. The highest BCUT2D eigenvalue weighted by Crippen LogP contribution is 2.26. The smallest absolute Gasteiger partial charge is 0.229 e. The van der Waals surface area contributed by atoms with Crippen molar-refractivity contribution in [1.29, 1.82) is 0 Å². The van der Waals surface area contributed by atoms with Crippen LogP contribution in [0.25, 0.3) is 0 Å². The minimum Gasteiger partial charge on any atom is -0.326 e. The molecule has 0 unspecified atom stereocenters. The molecule has 2 rings (SSSR count). The van der Waals surface area contributed by atoms with Crippen molar-refractivity contribution in [3.05, 3.63) is 29.3 Å². The van der Waals surface area contributed by atoms with E-state index in [2.05, 4.69) is 5.32 Å². The Labute approximate surface area is 139 Å². The first-order valence-corrected chi connectivity index (χ1v) is 9.65. The van der Waals surface area contributed by atoms with Gasteiger partial charge in [-0.05, 0) is 36.1 Å². The lowest BCUT2D eigenvalue weighted by Crippen LogP contribution is -2.37. The maximum absolute atomic E-state index is 12.2. The maximum atomic E-state index is 12.2. The van der Waals surface area contributed by atoms with Gasteiger partial charge in [-0.1, -0.05) is 33.8 Å². The van der Waals surface area contributed by atoms with E-state index >= 15 is 0 Å². The monoisotopic (exact) mass is 338 g/mol. The largest absolute Gasteiger partial charge is 0.326 e. The summed E-state index contributed by atoms with van der Waals surface area (Å²) in [5, 5.41) is 2.90. The van der Waals surface area contributed by atoms with Gasteiger partial charge in [0.2, 0.25) is 15.9 Å². The number of nitrogens with zero attached hydrogens (tertiary/aromatic N) is 1. The van der Waals surface area contributed by atoms with Crippen LogP contribution in [-0.2, 0) is 27.8 Å². The van der Waals surface area contributed by atoms with E-state index in [0.717, 1.165) is 16.8 Å². The van der Waals surface area contributed by atoms with Crippen LogP contribution in [-0.4, -0.2) is 30.9 Å². The van der Waals surface area contributed by atoms with Gasteiger partial charge in [0.1, 0.15) is 0 Å². The standard InChI is InChI=1S/C17H26N2O3S/c1-5-10-23(21,22)19-9-8-13-6-7-15(11-14(13)12-19)18-16(20)17(2,3)4/h6-7,11H,5,8-10,12H2,1-4H3,(H,18,20). The molecule has 0 fully saturated rings. The molecule has 0 saturated carbocycles. The van der Waals surface area contributed by atoms with Gasteiger partial charge in [-0.15, -0.1) is 0 Å². The molecular weight excluding hydrogens is 312 g/mol. The Morgan fingerprint density at radius 3 is 2.57 bits per heavy atom. The zero-order valence-electron chi connectivity index (χ0n) is 14.3. The van der Waals surface area contributed by atoms with Gasteiger partial charge in [-0.2, -0.15) is 4.31 Å². The van der Waals surface area contributed by atoms with E-state index in [4.69, 9.17) is 0 Å². The molecule has 1 N–H and O–H groups in total. The Balaban J connectivity index is 2.19. The van der Waals surface area contributed by atoms with Crippen LogP contribution in [0.15, 0.2) is 18.2 Å². The van der Waals surface area contributed by atoms with Crippen molar-refractivity contribution in [3.63, 3.8) is 0 Å². The predicted molar refractivity (Wildman–Crippen MR) is 92.7 cm³/mol. The van der Waals surface area contributed by atoms with Crippen LogP contribution < -0.4 is 5.32 Å². The van der Waals surface area contributed by atoms with Crippen LogP contribution in [0.4, 0.5) is 5.69 Å². The van der Waals surface area contributed by atoms with Gasteiger partial charge in [-0.3, -0.25) is 4.79 Å². The summed E-state index contributed by atoms with van der Waals surface area (Å²) >= 11 is 0. The van der Waals surface area contributed by atoms with Crippen LogP contribution in [0.3, 0.4) is 0 Å². The molecule has 0 saturated heterocycles. The summed E-state index contributed by atoms with van der Waals surface area (Å²) in [6.45, 7) is 8.37. The van der Waals surface area contributed by atoms with Gasteiger partial charge in [0.25, 0.3) is 0 Å². The second kappa shape index (κ2) is 6.61. The summed E-state index contributed by atoms with van der Waals surface area (Å²) < 4.78 is 26.0. The molecule has 0 aliphatic carbocycles. The Morgan fingerprint density at radius 2 is 1.96 bits per heavy atom. The second-order valence-electron chi connectivity index (χ2n) is 7.09. The Kier molecular flexibility index (Phi) is 5.16. The fourth-order valence-corrected chi connectivity index (χ4v) is 4.03. The third-order valence-corrected chi connectivity index (χ3v) is 6.00. The Bertz CT molecular complexity index is 690. The molecule has 1 amide bonds. The van der Waals surface area contributed by atoms with Crippen LogP contribution in [0, 0.1) is 5.41 Å². The SMILES string of the molecule is CCCS(=O)(=O)N1CCc2ccc(NC(=O)C(C)(C)C)cc2C1. The van der Waals surface area contributed by atoms with E-state index in [1.807, 2.05) is 45.9 Å². The van der Waals surface area contributed by atoms with Gasteiger partial charge in [0, 0.05) is 24.2 Å². The number of fused-ring (bicyclic) bond motifs is 1. The van der Waals surface area contributed by atoms with Gasteiger partial charge in [0.15, 0.2) is 0 Å². The molecule has 1 aliphatic heterocycles. The molecular formula is C17H26N2O3S. The minimum atomic E-state index is -3.19. The molecule has 0 spiro atoms. The van der Waals surface area contributed by atoms with E-state index in [-0.39, 0.29) is 11.7 Å². The third kappa shape index (κ3) is 4.32. The van der Waals surface area contributed by atoms with Crippen LogP contribution in [0.1, 0.15) is 45.2 Å². The molecule has 1 heterocycles. The van der Waals surface area contributed by atoms with Crippen molar-refractivity contribution in [2.45, 2.75) is 47.1 Å². The van der Waals surface area contributed by atoms with Gasteiger partial charge in [0.05, 0.1) is 5.75 Å². The van der Waals surface area contributed by atoms with E-state index < -0.39 is 15.4 Å². The number of hydrogen-bond donors (Lipinski definition) is 1. The lowest BCUT2D eigenvalue weighted by molar-refractivity contribution is -0.123. The summed E-state index contributed by atoms with van der Waals surface area (Å²) in [5.74, 6) is 0.131. The number of sulfonamides is 1. The molecule has 1 aromatic rings. The predicted octanol–water partition coefficient (Wildman–Crippen LogP) is 2.77. The van der Waals surface area contributed by atoms with Crippen molar-refractivity contribution in [2.75, 3.05) is 17.6 Å². The molecule has 0 radical (unpaired) electrons. The fourth-order valence-electron chi connectivity index (χ4n) is 2.55. The van der Waals surface area contributed by atoms with Crippen molar-refractivity contribution in [3.8, 4) is 0 Å². The second-order valence-corrected chi connectivity index (χ2v) is 9.18. The Hall–Kier alpha value is -1.40. The Morgan fingerprint density at radius 1 is 1.26 bits per heavy atom. The van der Waals surface area contributed by atoms with E-state index in [9.17, 15) is 13.2 Å². The maximum Gasteiger partial charge on any atom is 0.229 e. The highest BCUT2D eigenvalue weighted by atomic mass is 32.2. The van der Waals surface area contributed by atoms with Crippen molar-refractivity contribution < 1.29 is 13.2 Å². The topological polar surface area (TPSA) is 66.5 Å². The number of anilines is 1. The molecule has 1 aliphatic rings. The number of amides is 1. The first-order valence-electron chi connectivity index (χ1n) is 8.04. The zero-order valence-corrected chi connectivity index (χ0v) is 15.2. The molecule has 0 bridgehead atoms. The van der Waals surface area contributed by atoms with Crippen LogP contribution in [0.2, 0.25) is 0 Å². The zero-order chi connectivity index (χ0) is 17.3. The molecule has 0 atom stereocenters. The first-order chi connectivity index (χ1) is 10.6. The molecule has 5 nitrogen and oxygen atoms in total. The van der Waals surface area contributed by atoms with Crippen molar-refractivity contribution in [2.24, 2.45) is 5.41 Å². The fraction of sp³-hybridized carbons (Fsp3) is 0.588. The summed E-state index contributed by atoms with van der Waals surface area (Å²) in [6, 6.07) is 5.77. The molecule has 23 heavy (non-hydrogen) atoms. The quantitative estimate of drug-likeness (QED) is 0.918. The van der Waals surface area contributed by atoms with Gasteiger partial charge in [-0.25, -0.2) is 8.42 Å². The van der Waals surface area contributed by atoms with Crippen LogP contribution in [0.5, 0.6) is 0 Å². The molecule has 6 heteroatoms. The minimum absolute atomic E-state index is 0.0521. The number of hydrogen-bond acceptors (Lipinski definition) is 3. The molecule has 128 valence electrons. The number of carbonyl (C=O) groups is 1. The van der Waals surface area contributed by atoms with Crippen LogP contribution >= 0.6 is 0 Å². The van der Waals surface area contributed by atoms with E-state index in [0.29, 0.717) is 25.9 Å². The number of carbonyl (C=O) groups excluding carboxylic acids is 1. The van der Waals surface area contributed by atoms with Crippen molar-refractivity contribution in [1.82, 2.24) is 4.31 Å². The van der Waals surface area contributed by atoms with E-state index in [1.165, 1.54) is 0 Å². The third-order valence-electron chi connectivity index (χ3n) is 3.98. The molecule has 1 aromatic carbocycles. The summed E-state index contributed by atoms with van der Waals surface area (Å²) in [5.41, 5.74) is 2.38. The van der Waals surface area contributed by atoms with E-state index in [1.54, 1.807) is 4.31 Å². The normalized spacial score (nSPS) is 16.0. The van der Waals surface area contributed by atoms with Crippen molar-refractivity contribution >= 4 is 21.6 Å². The highest BCUT2D eigenvalue weighted by Gasteiger charge is 2.26.